The van der Waals surface area contributed by atoms with Crippen LogP contribution in [0.4, 0.5) is 5.69 Å². The van der Waals surface area contributed by atoms with Crippen molar-refractivity contribution in [3.05, 3.63) is 29.8 Å². The number of nitrogens with zero attached hydrogens (tertiary/aromatic N) is 1. The average molecular weight is 262 g/mol. The molecular formula is C14H18N2O3. The molecule has 0 bridgehead atoms. The van der Waals surface area contributed by atoms with Gasteiger partial charge >= 0.3 is 5.97 Å². The minimum Gasteiger partial charge on any atom is -0.481 e. The van der Waals surface area contributed by atoms with Crippen LogP contribution in [0.3, 0.4) is 0 Å². The number of hydrogen-bond donors (Lipinski definition) is 2. The number of hydrogen-bond acceptors (Lipinski definition) is 4. The molecule has 5 nitrogen and oxygen atoms in total. The van der Waals surface area contributed by atoms with Gasteiger partial charge < -0.3 is 15.3 Å². The van der Waals surface area contributed by atoms with Crippen LogP contribution in [0.1, 0.15) is 23.7 Å². The van der Waals surface area contributed by atoms with Crippen molar-refractivity contribution in [3.63, 3.8) is 0 Å². The fraction of sp³-hybridized carbons (Fsp3) is 0.429. The zero-order chi connectivity index (χ0) is 13.8. The Balaban J connectivity index is 2.04. The van der Waals surface area contributed by atoms with Crippen LogP contribution in [0.15, 0.2) is 24.3 Å². The number of ketones is 1. The largest absolute Gasteiger partial charge is 0.481 e. The average Bonchev–Trinajstić information content (AvgIpc) is 2.38. The van der Waals surface area contributed by atoms with Gasteiger partial charge in [0.25, 0.3) is 0 Å². The highest BCUT2D eigenvalue weighted by Crippen LogP contribution is 2.18. The van der Waals surface area contributed by atoms with Gasteiger partial charge in [-0.15, -0.1) is 0 Å². The van der Waals surface area contributed by atoms with E-state index >= 15 is 0 Å². The number of carbonyl (C=O) groups excluding carboxylic acids is 1. The number of carbonyl (C=O) groups is 2. The second kappa shape index (κ2) is 5.84. The second-order valence-corrected chi connectivity index (χ2v) is 4.80. The van der Waals surface area contributed by atoms with Crippen LogP contribution in [0.25, 0.3) is 0 Å². The summed E-state index contributed by atoms with van der Waals surface area (Å²) in [6.45, 7) is 3.83. The Morgan fingerprint density at radius 2 is 2.05 bits per heavy atom. The summed E-state index contributed by atoms with van der Waals surface area (Å²) in [5.41, 5.74) is 1.72. The molecule has 1 saturated heterocycles. The minimum absolute atomic E-state index is 0.0290. The Bertz CT molecular complexity index is 470. The van der Waals surface area contributed by atoms with E-state index in [2.05, 4.69) is 10.2 Å². The zero-order valence-corrected chi connectivity index (χ0v) is 10.9. The monoisotopic (exact) mass is 262 g/mol. The van der Waals surface area contributed by atoms with E-state index in [9.17, 15) is 9.59 Å². The Labute approximate surface area is 112 Å². The Morgan fingerprint density at radius 1 is 1.37 bits per heavy atom. The second-order valence-electron chi connectivity index (χ2n) is 4.80. The first-order valence-electron chi connectivity index (χ1n) is 6.37. The highest BCUT2D eigenvalue weighted by molar-refractivity contribution is 5.94. The van der Waals surface area contributed by atoms with Gasteiger partial charge in [0.05, 0.1) is 6.42 Å². The van der Waals surface area contributed by atoms with Gasteiger partial charge in [0.1, 0.15) is 0 Å². The van der Waals surface area contributed by atoms with Gasteiger partial charge in [0.2, 0.25) is 0 Å². The molecule has 0 radical (unpaired) electrons. The van der Waals surface area contributed by atoms with E-state index in [-0.39, 0.29) is 18.2 Å². The Hall–Kier alpha value is -1.88. The number of nitrogens with one attached hydrogen (secondary N) is 1. The molecule has 0 amide bonds. The van der Waals surface area contributed by atoms with Crippen LogP contribution in [0, 0.1) is 0 Å². The van der Waals surface area contributed by atoms with Crippen molar-refractivity contribution in [2.24, 2.45) is 0 Å². The van der Waals surface area contributed by atoms with E-state index < -0.39 is 5.97 Å². The third-order valence-corrected chi connectivity index (χ3v) is 3.32. The number of anilines is 1. The van der Waals surface area contributed by atoms with E-state index in [4.69, 9.17) is 5.11 Å². The smallest absolute Gasteiger partial charge is 0.304 e. The zero-order valence-electron chi connectivity index (χ0n) is 10.9. The van der Waals surface area contributed by atoms with Crippen molar-refractivity contribution in [1.29, 1.82) is 0 Å². The standard InChI is InChI=1S/C14H18N2O3/c1-10(17)11-2-4-13(5-3-11)16-7-6-15-12(9-16)8-14(18)19/h2-5,12,15H,6-9H2,1H3,(H,18,19). The molecule has 0 aliphatic carbocycles. The molecule has 102 valence electrons. The van der Waals surface area contributed by atoms with Crippen molar-refractivity contribution >= 4 is 17.4 Å². The SMILES string of the molecule is CC(=O)c1ccc(N2CCNC(CC(=O)O)C2)cc1. The normalized spacial score (nSPS) is 19.2. The number of piperazine rings is 1. The van der Waals surface area contributed by atoms with Crippen molar-refractivity contribution in [2.75, 3.05) is 24.5 Å². The van der Waals surface area contributed by atoms with Crippen molar-refractivity contribution < 1.29 is 14.7 Å². The number of aliphatic carboxylic acids is 1. The van der Waals surface area contributed by atoms with Crippen LogP contribution in [0.2, 0.25) is 0 Å². The van der Waals surface area contributed by atoms with Crippen LogP contribution in [-0.2, 0) is 4.79 Å². The van der Waals surface area contributed by atoms with Gasteiger partial charge in [-0.2, -0.15) is 0 Å². The molecule has 2 rings (SSSR count). The number of carboxylic acid groups (broad SMARTS) is 1. The first-order valence-corrected chi connectivity index (χ1v) is 6.37. The molecule has 1 atom stereocenters. The molecular weight excluding hydrogens is 244 g/mol. The summed E-state index contributed by atoms with van der Waals surface area (Å²) in [7, 11) is 0. The van der Waals surface area contributed by atoms with Gasteiger partial charge in [-0.3, -0.25) is 9.59 Å². The summed E-state index contributed by atoms with van der Waals surface area (Å²) in [6, 6.07) is 7.43. The number of Topliss-reactive ketones (excluding diaryl/α,β-unsaturated/α-hetero) is 1. The quantitative estimate of drug-likeness (QED) is 0.796. The maximum atomic E-state index is 11.2. The summed E-state index contributed by atoms with van der Waals surface area (Å²) < 4.78 is 0. The van der Waals surface area contributed by atoms with Crippen LogP contribution in [0.5, 0.6) is 0 Å². The van der Waals surface area contributed by atoms with E-state index in [0.717, 1.165) is 18.8 Å². The summed E-state index contributed by atoms with van der Waals surface area (Å²) in [5.74, 6) is -0.734. The Morgan fingerprint density at radius 3 is 2.63 bits per heavy atom. The maximum Gasteiger partial charge on any atom is 0.304 e. The highest BCUT2D eigenvalue weighted by atomic mass is 16.4. The van der Waals surface area contributed by atoms with E-state index in [0.29, 0.717) is 12.1 Å². The first kappa shape index (κ1) is 13.5. The third-order valence-electron chi connectivity index (χ3n) is 3.32. The molecule has 19 heavy (non-hydrogen) atoms. The van der Waals surface area contributed by atoms with E-state index in [1.165, 1.54) is 0 Å². The summed E-state index contributed by atoms with van der Waals surface area (Å²) >= 11 is 0. The molecule has 1 heterocycles. The van der Waals surface area contributed by atoms with Crippen LogP contribution in [-0.4, -0.2) is 42.5 Å². The van der Waals surface area contributed by atoms with Gasteiger partial charge in [-0.05, 0) is 31.2 Å². The number of benzene rings is 1. The minimum atomic E-state index is -0.786. The van der Waals surface area contributed by atoms with Crippen molar-refractivity contribution in [2.45, 2.75) is 19.4 Å². The molecule has 1 aromatic carbocycles. The first-order chi connectivity index (χ1) is 9.06. The van der Waals surface area contributed by atoms with E-state index in [1.807, 2.05) is 24.3 Å². The predicted octanol–water partition coefficient (Wildman–Crippen LogP) is 1.14. The van der Waals surface area contributed by atoms with Gasteiger partial charge in [0.15, 0.2) is 5.78 Å². The molecule has 0 aromatic heterocycles. The molecule has 1 unspecified atom stereocenters. The molecule has 0 spiro atoms. The molecule has 5 heteroatoms. The molecule has 2 N–H and O–H groups in total. The maximum absolute atomic E-state index is 11.2. The lowest BCUT2D eigenvalue weighted by atomic mass is 10.1. The third kappa shape index (κ3) is 3.54. The summed E-state index contributed by atoms with van der Waals surface area (Å²) in [5, 5.41) is 12.0. The number of rotatable bonds is 4. The lowest BCUT2D eigenvalue weighted by Gasteiger charge is -2.34. The topological polar surface area (TPSA) is 69.6 Å². The summed E-state index contributed by atoms with van der Waals surface area (Å²) in [6.07, 6.45) is 0.127. The predicted molar refractivity (Wildman–Crippen MR) is 72.7 cm³/mol. The molecule has 1 fully saturated rings. The molecule has 1 aromatic rings. The number of carboxylic acids is 1. The lowest BCUT2D eigenvalue weighted by Crippen LogP contribution is -2.51. The van der Waals surface area contributed by atoms with Crippen LogP contribution < -0.4 is 10.2 Å². The van der Waals surface area contributed by atoms with Gasteiger partial charge in [-0.1, -0.05) is 0 Å². The van der Waals surface area contributed by atoms with Crippen molar-refractivity contribution in [1.82, 2.24) is 5.32 Å². The van der Waals surface area contributed by atoms with Gasteiger partial charge in [0, 0.05) is 36.9 Å². The van der Waals surface area contributed by atoms with E-state index in [1.54, 1.807) is 6.92 Å². The van der Waals surface area contributed by atoms with Crippen molar-refractivity contribution in [3.8, 4) is 0 Å². The van der Waals surface area contributed by atoms with Crippen LogP contribution >= 0.6 is 0 Å². The molecule has 0 saturated carbocycles. The Kier molecular flexibility index (Phi) is 4.16. The highest BCUT2D eigenvalue weighted by Gasteiger charge is 2.21. The van der Waals surface area contributed by atoms with Gasteiger partial charge in [-0.25, -0.2) is 0 Å². The lowest BCUT2D eigenvalue weighted by molar-refractivity contribution is -0.137. The fourth-order valence-corrected chi connectivity index (χ4v) is 2.31. The fourth-order valence-electron chi connectivity index (χ4n) is 2.31. The summed E-state index contributed by atoms with van der Waals surface area (Å²) in [4.78, 5) is 24.1. The molecule has 1 aliphatic heterocycles. The molecule has 1 aliphatic rings.